The Labute approximate surface area is 119 Å². The molecular formula is C14H20Cl2N2. The van der Waals surface area contributed by atoms with Gasteiger partial charge in [-0.3, -0.25) is 0 Å². The van der Waals surface area contributed by atoms with E-state index in [-0.39, 0.29) is 5.54 Å². The molecule has 1 aromatic rings. The lowest BCUT2D eigenvalue weighted by Crippen LogP contribution is -2.61. The summed E-state index contributed by atoms with van der Waals surface area (Å²) < 4.78 is 0. The Morgan fingerprint density at radius 1 is 1.39 bits per heavy atom. The van der Waals surface area contributed by atoms with Gasteiger partial charge in [-0.2, -0.15) is 0 Å². The van der Waals surface area contributed by atoms with E-state index in [0.717, 1.165) is 30.2 Å². The van der Waals surface area contributed by atoms with Crippen molar-refractivity contribution in [2.45, 2.75) is 38.8 Å². The topological polar surface area (TPSA) is 15.3 Å². The number of rotatable bonds is 2. The number of piperazine rings is 1. The maximum absolute atomic E-state index is 6.33. The van der Waals surface area contributed by atoms with Crippen molar-refractivity contribution >= 4 is 28.9 Å². The molecule has 1 saturated heterocycles. The second kappa shape index (κ2) is 5.28. The van der Waals surface area contributed by atoms with E-state index in [1.807, 2.05) is 18.2 Å². The predicted molar refractivity (Wildman–Crippen MR) is 80.0 cm³/mol. The molecule has 0 radical (unpaired) electrons. The molecule has 0 saturated carbocycles. The standard InChI is InChI=1S/C14H20Cl2N2/c1-4-11-8-17-14(2,3)9-18(11)13-6-5-10(15)7-12(13)16/h5-7,11,17H,4,8-9H2,1-3H3. The summed E-state index contributed by atoms with van der Waals surface area (Å²) in [7, 11) is 0. The molecular weight excluding hydrogens is 267 g/mol. The molecule has 18 heavy (non-hydrogen) atoms. The third-order valence-electron chi connectivity index (χ3n) is 3.51. The van der Waals surface area contributed by atoms with Crippen LogP contribution in [0.3, 0.4) is 0 Å². The molecule has 1 atom stereocenters. The third-order valence-corrected chi connectivity index (χ3v) is 4.05. The normalized spacial score (nSPS) is 23.2. The molecule has 2 rings (SSSR count). The lowest BCUT2D eigenvalue weighted by Gasteiger charge is -2.46. The van der Waals surface area contributed by atoms with Crippen molar-refractivity contribution in [3.8, 4) is 0 Å². The van der Waals surface area contributed by atoms with Crippen molar-refractivity contribution in [3.05, 3.63) is 28.2 Å². The Morgan fingerprint density at radius 3 is 2.72 bits per heavy atom. The first kappa shape index (κ1) is 14.0. The average Bonchev–Trinajstić information content (AvgIpc) is 2.28. The van der Waals surface area contributed by atoms with Crippen molar-refractivity contribution in [1.29, 1.82) is 0 Å². The second-order valence-corrected chi connectivity index (χ2v) is 6.39. The minimum Gasteiger partial charge on any atom is -0.364 e. The highest BCUT2D eigenvalue weighted by atomic mass is 35.5. The Kier molecular flexibility index (Phi) is 4.10. The van der Waals surface area contributed by atoms with E-state index in [1.165, 1.54) is 0 Å². The molecule has 100 valence electrons. The van der Waals surface area contributed by atoms with Crippen molar-refractivity contribution in [2.75, 3.05) is 18.0 Å². The first-order chi connectivity index (χ1) is 8.43. The van der Waals surface area contributed by atoms with Gasteiger partial charge >= 0.3 is 0 Å². The van der Waals surface area contributed by atoms with Crippen LogP contribution < -0.4 is 10.2 Å². The molecule has 1 fully saturated rings. The summed E-state index contributed by atoms with van der Waals surface area (Å²) >= 11 is 12.3. The highest BCUT2D eigenvalue weighted by Gasteiger charge is 2.32. The molecule has 0 spiro atoms. The molecule has 4 heteroatoms. The number of halogens is 2. The third kappa shape index (κ3) is 2.93. The van der Waals surface area contributed by atoms with Crippen LogP contribution in [0.25, 0.3) is 0 Å². The summed E-state index contributed by atoms with van der Waals surface area (Å²) in [4.78, 5) is 2.40. The molecule has 0 amide bonds. The molecule has 1 N–H and O–H groups in total. The fraction of sp³-hybridized carbons (Fsp3) is 0.571. The predicted octanol–water partition coefficient (Wildman–Crippen LogP) is 3.96. The van der Waals surface area contributed by atoms with Gasteiger partial charge < -0.3 is 10.2 Å². The molecule has 0 bridgehead atoms. The van der Waals surface area contributed by atoms with E-state index < -0.39 is 0 Å². The number of hydrogen-bond acceptors (Lipinski definition) is 2. The van der Waals surface area contributed by atoms with E-state index >= 15 is 0 Å². The summed E-state index contributed by atoms with van der Waals surface area (Å²) in [6, 6.07) is 6.23. The van der Waals surface area contributed by atoms with E-state index in [2.05, 4.69) is 31.0 Å². The van der Waals surface area contributed by atoms with Gasteiger partial charge in [0.05, 0.1) is 10.7 Å². The molecule has 0 aromatic heterocycles. The van der Waals surface area contributed by atoms with Crippen LogP contribution in [-0.4, -0.2) is 24.7 Å². The van der Waals surface area contributed by atoms with E-state index in [0.29, 0.717) is 11.1 Å². The second-order valence-electron chi connectivity index (χ2n) is 5.55. The zero-order valence-corrected chi connectivity index (χ0v) is 12.6. The fourth-order valence-corrected chi connectivity index (χ4v) is 2.99. The Hall–Kier alpha value is -0.440. The Balaban J connectivity index is 2.32. The minimum absolute atomic E-state index is 0.106. The van der Waals surface area contributed by atoms with Crippen molar-refractivity contribution in [1.82, 2.24) is 5.32 Å². The summed E-state index contributed by atoms with van der Waals surface area (Å²) in [5.41, 5.74) is 1.19. The first-order valence-corrected chi connectivity index (χ1v) is 7.15. The van der Waals surface area contributed by atoms with E-state index in [9.17, 15) is 0 Å². The Morgan fingerprint density at radius 2 is 2.11 bits per heavy atom. The number of nitrogens with one attached hydrogen (secondary N) is 1. The van der Waals surface area contributed by atoms with Crippen LogP contribution in [0.5, 0.6) is 0 Å². The van der Waals surface area contributed by atoms with Gasteiger partial charge in [0.2, 0.25) is 0 Å². The largest absolute Gasteiger partial charge is 0.364 e. The highest BCUT2D eigenvalue weighted by molar-refractivity contribution is 6.36. The fourth-order valence-electron chi connectivity index (χ4n) is 2.48. The van der Waals surface area contributed by atoms with Gasteiger partial charge in [-0.05, 0) is 38.5 Å². The number of hydrogen-bond donors (Lipinski definition) is 1. The van der Waals surface area contributed by atoms with E-state index in [4.69, 9.17) is 23.2 Å². The average molecular weight is 287 g/mol. The van der Waals surface area contributed by atoms with Gasteiger partial charge in [0.25, 0.3) is 0 Å². The summed E-state index contributed by atoms with van der Waals surface area (Å²) in [5, 5.41) is 5.00. The lowest BCUT2D eigenvalue weighted by atomic mass is 9.97. The van der Waals surface area contributed by atoms with Crippen LogP contribution in [0, 0.1) is 0 Å². The van der Waals surface area contributed by atoms with Crippen LogP contribution in [0.2, 0.25) is 10.0 Å². The monoisotopic (exact) mass is 286 g/mol. The summed E-state index contributed by atoms with van der Waals surface area (Å²) in [6.07, 6.45) is 1.10. The van der Waals surface area contributed by atoms with Crippen LogP contribution in [0.4, 0.5) is 5.69 Å². The zero-order chi connectivity index (χ0) is 13.3. The molecule has 1 aliphatic heterocycles. The zero-order valence-electron chi connectivity index (χ0n) is 11.1. The molecule has 1 aromatic carbocycles. The first-order valence-electron chi connectivity index (χ1n) is 6.39. The quantitative estimate of drug-likeness (QED) is 0.885. The molecule has 1 heterocycles. The number of anilines is 1. The number of benzene rings is 1. The molecule has 1 aliphatic rings. The lowest BCUT2D eigenvalue weighted by molar-refractivity contribution is 0.306. The minimum atomic E-state index is 0.106. The Bertz CT molecular complexity index is 432. The maximum atomic E-state index is 6.33. The summed E-state index contributed by atoms with van der Waals surface area (Å²) in [5.74, 6) is 0. The smallest absolute Gasteiger partial charge is 0.0654 e. The van der Waals surface area contributed by atoms with Crippen molar-refractivity contribution in [3.63, 3.8) is 0 Å². The van der Waals surface area contributed by atoms with Gasteiger partial charge in [0.15, 0.2) is 0 Å². The van der Waals surface area contributed by atoms with E-state index in [1.54, 1.807) is 0 Å². The maximum Gasteiger partial charge on any atom is 0.0654 e. The van der Waals surface area contributed by atoms with Crippen molar-refractivity contribution in [2.24, 2.45) is 0 Å². The molecule has 2 nitrogen and oxygen atoms in total. The van der Waals surface area contributed by atoms with Gasteiger partial charge in [0, 0.05) is 29.7 Å². The van der Waals surface area contributed by atoms with Crippen LogP contribution >= 0.6 is 23.2 Å². The van der Waals surface area contributed by atoms with Crippen LogP contribution in [-0.2, 0) is 0 Å². The molecule has 0 aliphatic carbocycles. The van der Waals surface area contributed by atoms with Gasteiger partial charge in [-0.1, -0.05) is 30.1 Å². The van der Waals surface area contributed by atoms with Gasteiger partial charge in [-0.15, -0.1) is 0 Å². The van der Waals surface area contributed by atoms with Crippen LogP contribution in [0.15, 0.2) is 18.2 Å². The number of nitrogens with zero attached hydrogens (tertiary/aromatic N) is 1. The molecule has 1 unspecified atom stereocenters. The van der Waals surface area contributed by atoms with Gasteiger partial charge in [-0.25, -0.2) is 0 Å². The SMILES string of the molecule is CCC1CNC(C)(C)CN1c1ccc(Cl)cc1Cl. The summed E-state index contributed by atoms with van der Waals surface area (Å²) in [6.45, 7) is 8.59. The van der Waals surface area contributed by atoms with Gasteiger partial charge in [0.1, 0.15) is 0 Å². The van der Waals surface area contributed by atoms with Crippen molar-refractivity contribution < 1.29 is 0 Å². The van der Waals surface area contributed by atoms with Crippen LogP contribution in [0.1, 0.15) is 27.2 Å². The highest BCUT2D eigenvalue weighted by Crippen LogP contribution is 2.33.